The van der Waals surface area contributed by atoms with Crippen molar-refractivity contribution in [3.05, 3.63) is 35.8 Å². The van der Waals surface area contributed by atoms with Gasteiger partial charge in [0.05, 0.1) is 6.42 Å². The number of rotatable bonds is 7. The van der Waals surface area contributed by atoms with E-state index in [9.17, 15) is 9.18 Å². The van der Waals surface area contributed by atoms with Gasteiger partial charge in [-0.3, -0.25) is 4.79 Å². The van der Waals surface area contributed by atoms with Crippen molar-refractivity contribution >= 4 is 16.8 Å². The lowest BCUT2D eigenvalue weighted by Crippen LogP contribution is -2.33. The lowest BCUT2D eigenvalue weighted by Gasteiger charge is -2.21. The maximum absolute atomic E-state index is 13.2. The van der Waals surface area contributed by atoms with Crippen LogP contribution in [0.4, 0.5) is 4.39 Å². The van der Waals surface area contributed by atoms with Crippen LogP contribution in [0.15, 0.2) is 24.4 Å². The molecule has 1 amide bonds. The van der Waals surface area contributed by atoms with Crippen LogP contribution in [0.5, 0.6) is 0 Å². The van der Waals surface area contributed by atoms with Gasteiger partial charge >= 0.3 is 0 Å². The minimum atomic E-state index is -0.266. The fourth-order valence-corrected chi connectivity index (χ4v) is 2.56. The molecule has 0 fully saturated rings. The maximum atomic E-state index is 13.2. The predicted molar refractivity (Wildman–Crippen MR) is 83.7 cm³/mol. The molecule has 0 bridgehead atoms. The number of unbranched alkanes of at least 4 members (excludes halogenated alkanes) is 1. The minimum Gasteiger partial charge on any atom is -0.361 e. The average Bonchev–Trinajstić information content (AvgIpc) is 2.85. The molecule has 2 aromatic rings. The number of benzene rings is 1. The number of carbonyl (C=O) groups excluding carboxylic acids is 1. The van der Waals surface area contributed by atoms with E-state index in [4.69, 9.17) is 0 Å². The van der Waals surface area contributed by atoms with Crippen molar-refractivity contribution in [2.24, 2.45) is 0 Å². The first-order valence-corrected chi connectivity index (χ1v) is 7.69. The zero-order valence-corrected chi connectivity index (χ0v) is 12.8. The highest BCUT2D eigenvalue weighted by molar-refractivity contribution is 5.88. The van der Waals surface area contributed by atoms with Crippen LogP contribution < -0.4 is 0 Å². The van der Waals surface area contributed by atoms with Gasteiger partial charge in [0.25, 0.3) is 0 Å². The summed E-state index contributed by atoms with van der Waals surface area (Å²) in [4.78, 5) is 17.4. The topological polar surface area (TPSA) is 36.1 Å². The van der Waals surface area contributed by atoms with Crippen LogP contribution >= 0.6 is 0 Å². The number of nitrogens with one attached hydrogen (secondary N) is 1. The third-order valence-electron chi connectivity index (χ3n) is 3.70. The van der Waals surface area contributed by atoms with E-state index in [1.807, 2.05) is 11.1 Å². The van der Waals surface area contributed by atoms with E-state index in [2.05, 4.69) is 18.8 Å². The summed E-state index contributed by atoms with van der Waals surface area (Å²) in [6, 6.07) is 4.63. The second kappa shape index (κ2) is 7.25. The first-order chi connectivity index (χ1) is 10.2. The summed E-state index contributed by atoms with van der Waals surface area (Å²) < 4.78 is 13.2. The van der Waals surface area contributed by atoms with Crippen LogP contribution in [0.2, 0.25) is 0 Å². The number of H-pyrrole nitrogens is 1. The van der Waals surface area contributed by atoms with E-state index < -0.39 is 0 Å². The molecule has 0 aliphatic heterocycles. The monoisotopic (exact) mass is 290 g/mol. The molecule has 1 N–H and O–H groups in total. The zero-order valence-electron chi connectivity index (χ0n) is 12.8. The molecule has 114 valence electrons. The smallest absolute Gasteiger partial charge is 0.227 e. The van der Waals surface area contributed by atoms with Gasteiger partial charge in [-0.15, -0.1) is 0 Å². The van der Waals surface area contributed by atoms with Crippen LogP contribution in [0.25, 0.3) is 10.9 Å². The zero-order chi connectivity index (χ0) is 15.2. The second-order valence-electron chi connectivity index (χ2n) is 5.41. The molecule has 1 aromatic carbocycles. The molecule has 4 heteroatoms. The van der Waals surface area contributed by atoms with Crippen molar-refractivity contribution in [2.45, 2.75) is 39.5 Å². The Labute approximate surface area is 125 Å². The normalized spacial score (nSPS) is 11.0. The van der Waals surface area contributed by atoms with Gasteiger partial charge in [-0.2, -0.15) is 0 Å². The van der Waals surface area contributed by atoms with Crippen LogP contribution in [-0.2, 0) is 11.2 Å². The lowest BCUT2D eigenvalue weighted by molar-refractivity contribution is -0.130. The predicted octanol–water partition coefficient (Wildman–Crippen LogP) is 3.89. The quantitative estimate of drug-likeness (QED) is 0.825. The van der Waals surface area contributed by atoms with E-state index >= 15 is 0 Å². The van der Waals surface area contributed by atoms with Gasteiger partial charge in [0.2, 0.25) is 5.91 Å². The van der Waals surface area contributed by atoms with E-state index in [1.54, 1.807) is 6.07 Å². The summed E-state index contributed by atoms with van der Waals surface area (Å²) in [5, 5.41) is 0.927. The maximum Gasteiger partial charge on any atom is 0.227 e. The molecule has 0 saturated carbocycles. The van der Waals surface area contributed by atoms with Gasteiger partial charge in [0.1, 0.15) is 5.82 Å². The minimum absolute atomic E-state index is 0.149. The summed E-state index contributed by atoms with van der Waals surface area (Å²) in [6.07, 6.45) is 5.26. The molecule has 0 atom stereocenters. The summed E-state index contributed by atoms with van der Waals surface area (Å²) in [5.41, 5.74) is 1.68. The fourth-order valence-electron chi connectivity index (χ4n) is 2.56. The number of aromatic amines is 1. The van der Waals surface area contributed by atoms with Crippen LogP contribution in [-0.4, -0.2) is 28.9 Å². The summed E-state index contributed by atoms with van der Waals surface area (Å²) in [7, 11) is 0. The highest BCUT2D eigenvalue weighted by atomic mass is 19.1. The van der Waals surface area contributed by atoms with Gasteiger partial charge in [-0.25, -0.2) is 4.39 Å². The molecule has 0 aliphatic carbocycles. The van der Waals surface area contributed by atoms with Crippen LogP contribution in [0.1, 0.15) is 38.7 Å². The molecule has 1 heterocycles. The summed E-state index contributed by atoms with van der Waals surface area (Å²) in [5.74, 6) is -0.117. The largest absolute Gasteiger partial charge is 0.361 e. The van der Waals surface area contributed by atoms with Crippen molar-refractivity contribution < 1.29 is 9.18 Å². The van der Waals surface area contributed by atoms with Crippen molar-refractivity contribution in [1.29, 1.82) is 0 Å². The van der Waals surface area contributed by atoms with Crippen LogP contribution in [0.3, 0.4) is 0 Å². The molecule has 3 nitrogen and oxygen atoms in total. The fraction of sp³-hybridized carbons (Fsp3) is 0.471. The van der Waals surface area contributed by atoms with Gasteiger partial charge in [-0.1, -0.05) is 20.3 Å². The lowest BCUT2D eigenvalue weighted by atomic mass is 10.1. The SMILES string of the molecule is CCCCN(CCC)C(=O)Cc1c[nH]c2cc(F)ccc12. The molecule has 21 heavy (non-hydrogen) atoms. The number of aromatic nitrogens is 1. The van der Waals surface area contributed by atoms with Crippen LogP contribution in [0, 0.1) is 5.82 Å². The van der Waals surface area contributed by atoms with E-state index in [1.165, 1.54) is 12.1 Å². The van der Waals surface area contributed by atoms with Crippen molar-refractivity contribution in [1.82, 2.24) is 9.88 Å². The van der Waals surface area contributed by atoms with Gasteiger partial charge in [-0.05, 0) is 36.6 Å². The molecule has 0 saturated heterocycles. The number of hydrogen-bond acceptors (Lipinski definition) is 1. The molecule has 1 aromatic heterocycles. The molecule has 0 radical (unpaired) electrons. The Balaban J connectivity index is 2.12. The van der Waals surface area contributed by atoms with Crippen molar-refractivity contribution in [3.8, 4) is 0 Å². The molecular weight excluding hydrogens is 267 g/mol. The van der Waals surface area contributed by atoms with E-state index in [0.717, 1.165) is 48.8 Å². The first kappa shape index (κ1) is 15.5. The third-order valence-corrected chi connectivity index (χ3v) is 3.70. The van der Waals surface area contributed by atoms with E-state index in [0.29, 0.717) is 6.42 Å². The number of halogens is 1. The van der Waals surface area contributed by atoms with Gasteiger partial charge < -0.3 is 9.88 Å². The Morgan fingerprint density at radius 2 is 2.05 bits per heavy atom. The molecular formula is C17H23FN2O. The standard InChI is InChI=1S/C17H23FN2O/c1-3-5-9-20(8-4-2)17(21)10-13-12-19-16-11-14(18)6-7-15(13)16/h6-7,11-12,19H,3-5,8-10H2,1-2H3. The van der Waals surface area contributed by atoms with Crippen molar-refractivity contribution in [3.63, 3.8) is 0 Å². The Bertz CT molecular complexity index is 606. The van der Waals surface area contributed by atoms with Crippen molar-refractivity contribution in [2.75, 3.05) is 13.1 Å². The number of nitrogens with zero attached hydrogens (tertiary/aromatic N) is 1. The summed E-state index contributed by atoms with van der Waals surface area (Å²) >= 11 is 0. The van der Waals surface area contributed by atoms with Gasteiger partial charge in [0.15, 0.2) is 0 Å². The number of carbonyl (C=O) groups is 1. The second-order valence-corrected chi connectivity index (χ2v) is 5.41. The number of hydrogen-bond donors (Lipinski definition) is 1. The highest BCUT2D eigenvalue weighted by Gasteiger charge is 2.15. The molecule has 0 spiro atoms. The summed E-state index contributed by atoms with van der Waals surface area (Å²) in [6.45, 7) is 5.83. The Morgan fingerprint density at radius 1 is 1.24 bits per heavy atom. The first-order valence-electron chi connectivity index (χ1n) is 7.69. The molecule has 0 unspecified atom stereocenters. The highest BCUT2D eigenvalue weighted by Crippen LogP contribution is 2.20. The number of fused-ring (bicyclic) bond motifs is 1. The van der Waals surface area contributed by atoms with E-state index in [-0.39, 0.29) is 11.7 Å². The Morgan fingerprint density at radius 3 is 2.76 bits per heavy atom. The molecule has 2 rings (SSSR count). The Hall–Kier alpha value is -1.84. The number of amides is 1. The Kier molecular flexibility index (Phi) is 5.37. The molecule has 0 aliphatic rings. The average molecular weight is 290 g/mol. The third kappa shape index (κ3) is 3.84. The van der Waals surface area contributed by atoms with Gasteiger partial charge in [0, 0.05) is 30.2 Å².